The number of fused-ring (bicyclic) bond motifs is 1. The molecule has 0 spiro atoms. The molecule has 4 nitrogen and oxygen atoms in total. The molecule has 0 aliphatic carbocycles. The number of nitrogens with zero attached hydrogens (tertiary/aromatic N) is 1. The number of hydrogen-bond acceptors (Lipinski definition) is 3. The summed E-state index contributed by atoms with van der Waals surface area (Å²) in [5.41, 5.74) is 2.03. The molecule has 0 aliphatic rings. The van der Waals surface area contributed by atoms with Crippen LogP contribution in [0.3, 0.4) is 0 Å². The van der Waals surface area contributed by atoms with Crippen molar-refractivity contribution in [3.05, 3.63) is 48.2 Å². The van der Waals surface area contributed by atoms with Crippen molar-refractivity contribution >= 4 is 22.8 Å². The number of aryl methyl sites for hydroxylation is 1. The lowest BCUT2D eigenvalue weighted by atomic mass is 10.1. The van der Waals surface area contributed by atoms with Crippen LogP contribution in [-0.4, -0.2) is 23.1 Å². The number of para-hydroxylation sites is 1. The van der Waals surface area contributed by atoms with Crippen molar-refractivity contribution in [3.63, 3.8) is 0 Å². The Hall–Kier alpha value is -2.36. The Morgan fingerprint density at radius 2 is 2.05 bits per heavy atom. The third kappa shape index (κ3) is 3.60. The van der Waals surface area contributed by atoms with Crippen molar-refractivity contribution in [2.75, 3.05) is 6.61 Å². The Balaban J connectivity index is 2.12. The van der Waals surface area contributed by atoms with Crippen LogP contribution >= 0.6 is 0 Å². The van der Waals surface area contributed by atoms with Crippen molar-refractivity contribution in [3.8, 4) is 0 Å². The molecule has 0 saturated heterocycles. The Kier molecular flexibility index (Phi) is 4.93. The van der Waals surface area contributed by atoms with Crippen LogP contribution in [0.25, 0.3) is 10.9 Å². The van der Waals surface area contributed by atoms with Gasteiger partial charge in [-0.05, 0) is 31.4 Å². The molecule has 2 rings (SSSR count). The summed E-state index contributed by atoms with van der Waals surface area (Å²) in [6.45, 7) is 3.72. The SMILES string of the molecule is CCOC(=O)/C=C/CCc1cn(C(C)=O)c2ccccc12. The number of rotatable bonds is 5. The first-order chi connectivity index (χ1) is 10.1. The fourth-order valence-corrected chi connectivity index (χ4v) is 2.32. The maximum Gasteiger partial charge on any atom is 0.330 e. The van der Waals surface area contributed by atoms with E-state index < -0.39 is 0 Å². The average molecular weight is 285 g/mol. The van der Waals surface area contributed by atoms with E-state index in [0.29, 0.717) is 6.61 Å². The van der Waals surface area contributed by atoms with E-state index in [9.17, 15) is 9.59 Å². The van der Waals surface area contributed by atoms with E-state index in [4.69, 9.17) is 4.74 Å². The second-order valence-corrected chi connectivity index (χ2v) is 4.75. The summed E-state index contributed by atoms with van der Waals surface area (Å²) in [5.74, 6) is -0.317. The first-order valence-electron chi connectivity index (χ1n) is 7.06. The molecule has 0 radical (unpaired) electrons. The van der Waals surface area contributed by atoms with E-state index in [1.807, 2.05) is 30.5 Å². The number of benzene rings is 1. The van der Waals surface area contributed by atoms with E-state index >= 15 is 0 Å². The number of aromatic nitrogens is 1. The zero-order chi connectivity index (χ0) is 15.2. The summed E-state index contributed by atoms with van der Waals surface area (Å²) in [5, 5.41) is 1.08. The second-order valence-electron chi connectivity index (χ2n) is 4.75. The molecule has 0 bridgehead atoms. The fourth-order valence-electron chi connectivity index (χ4n) is 2.32. The molecule has 0 fully saturated rings. The van der Waals surface area contributed by atoms with Gasteiger partial charge in [0.05, 0.1) is 12.1 Å². The molecule has 0 atom stereocenters. The van der Waals surface area contributed by atoms with Crippen LogP contribution in [-0.2, 0) is 16.0 Å². The van der Waals surface area contributed by atoms with Crippen molar-refractivity contribution in [2.45, 2.75) is 26.7 Å². The molecule has 4 heteroatoms. The van der Waals surface area contributed by atoms with Crippen LogP contribution in [0, 0.1) is 0 Å². The van der Waals surface area contributed by atoms with E-state index in [0.717, 1.165) is 29.3 Å². The van der Waals surface area contributed by atoms with Crippen molar-refractivity contribution < 1.29 is 14.3 Å². The number of carbonyl (C=O) groups excluding carboxylic acids is 2. The van der Waals surface area contributed by atoms with Gasteiger partial charge < -0.3 is 4.74 Å². The minimum atomic E-state index is -0.316. The van der Waals surface area contributed by atoms with Gasteiger partial charge in [-0.25, -0.2) is 4.79 Å². The quantitative estimate of drug-likeness (QED) is 0.625. The van der Waals surface area contributed by atoms with Gasteiger partial charge in [-0.15, -0.1) is 0 Å². The monoisotopic (exact) mass is 285 g/mol. The van der Waals surface area contributed by atoms with Gasteiger partial charge in [0, 0.05) is 24.6 Å². The van der Waals surface area contributed by atoms with Gasteiger partial charge in [-0.2, -0.15) is 0 Å². The van der Waals surface area contributed by atoms with Crippen molar-refractivity contribution in [1.29, 1.82) is 0 Å². The van der Waals surface area contributed by atoms with E-state index in [2.05, 4.69) is 0 Å². The zero-order valence-electron chi connectivity index (χ0n) is 12.3. The summed E-state index contributed by atoms with van der Waals surface area (Å²) >= 11 is 0. The van der Waals surface area contributed by atoms with E-state index in [1.165, 1.54) is 6.08 Å². The van der Waals surface area contributed by atoms with Gasteiger partial charge in [-0.1, -0.05) is 24.3 Å². The van der Waals surface area contributed by atoms with Gasteiger partial charge in [0.1, 0.15) is 0 Å². The predicted molar refractivity (Wildman–Crippen MR) is 82.3 cm³/mol. The molecular formula is C17H19NO3. The normalized spacial score (nSPS) is 11.1. The topological polar surface area (TPSA) is 48.3 Å². The predicted octanol–water partition coefficient (Wildman–Crippen LogP) is 3.35. The minimum absolute atomic E-state index is 0.000448. The second kappa shape index (κ2) is 6.88. The lowest BCUT2D eigenvalue weighted by Gasteiger charge is -1.97. The summed E-state index contributed by atoms with van der Waals surface area (Å²) in [4.78, 5) is 22.9. The highest BCUT2D eigenvalue weighted by molar-refractivity contribution is 5.93. The largest absolute Gasteiger partial charge is 0.463 e. The van der Waals surface area contributed by atoms with Crippen LogP contribution < -0.4 is 0 Å². The molecule has 21 heavy (non-hydrogen) atoms. The Labute approximate surface area is 124 Å². The van der Waals surface area contributed by atoms with Gasteiger partial charge >= 0.3 is 5.97 Å². The fraction of sp³-hybridized carbons (Fsp3) is 0.294. The number of esters is 1. The maximum atomic E-state index is 11.7. The summed E-state index contributed by atoms with van der Waals surface area (Å²) in [6, 6.07) is 7.84. The maximum absolute atomic E-state index is 11.7. The minimum Gasteiger partial charge on any atom is -0.463 e. The summed E-state index contributed by atoms with van der Waals surface area (Å²) in [6.07, 6.45) is 6.64. The molecule has 0 saturated carbocycles. The first-order valence-corrected chi connectivity index (χ1v) is 7.06. The van der Waals surface area contributed by atoms with Crippen molar-refractivity contribution in [2.24, 2.45) is 0 Å². The highest BCUT2D eigenvalue weighted by Crippen LogP contribution is 2.22. The standard InChI is InChI=1S/C17H19NO3/c1-3-21-17(20)11-7-4-8-14-12-18(13(2)19)16-10-6-5-9-15(14)16/h5-7,9-12H,3-4,8H2,1-2H3/b11-7+. The lowest BCUT2D eigenvalue weighted by Crippen LogP contribution is -2.02. The average Bonchev–Trinajstić information content (AvgIpc) is 2.83. The molecule has 0 amide bonds. The van der Waals surface area contributed by atoms with Crippen LogP contribution in [0.4, 0.5) is 0 Å². The molecule has 0 aliphatic heterocycles. The molecule has 1 heterocycles. The number of ether oxygens (including phenoxy) is 1. The van der Waals surface area contributed by atoms with E-state index in [-0.39, 0.29) is 11.9 Å². The van der Waals surface area contributed by atoms with Gasteiger partial charge in [0.25, 0.3) is 0 Å². The molecule has 1 aromatic carbocycles. The number of allylic oxidation sites excluding steroid dienone is 1. The lowest BCUT2D eigenvalue weighted by molar-refractivity contribution is -0.137. The molecule has 2 aromatic rings. The molecular weight excluding hydrogens is 266 g/mol. The Bertz CT molecular complexity index is 682. The third-order valence-electron chi connectivity index (χ3n) is 3.25. The molecule has 0 N–H and O–H groups in total. The Morgan fingerprint density at radius 3 is 2.76 bits per heavy atom. The highest BCUT2D eigenvalue weighted by atomic mass is 16.5. The smallest absolute Gasteiger partial charge is 0.330 e. The van der Waals surface area contributed by atoms with Crippen LogP contribution in [0.5, 0.6) is 0 Å². The van der Waals surface area contributed by atoms with Gasteiger partial charge in [-0.3, -0.25) is 9.36 Å². The zero-order valence-corrected chi connectivity index (χ0v) is 12.3. The third-order valence-corrected chi connectivity index (χ3v) is 3.25. The Morgan fingerprint density at radius 1 is 1.29 bits per heavy atom. The highest BCUT2D eigenvalue weighted by Gasteiger charge is 2.09. The van der Waals surface area contributed by atoms with Crippen LogP contribution in [0.1, 0.15) is 30.6 Å². The molecule has 1 aromatic heterocycles. The molecule has 0 unspecified atom stereocenters. The summed E-state index contributed by atoms with van der Waals surface area (Å²) in [7, 11) is 0. The number of carbonyl (C=O) groups is 2. The summed E-state index contributed by atoms with van der Waals surface area (Å²) < 4.78 is 6.49. The van der Waals surface area contributed by atoms with Crippen LogP contribution in [0.2, 0.25) is 0 Å². The number of hydrogen-bond donors (Lipinski definition) is 0. The van der Waals surface area contributed by atoms with Crippen LogP contribution in [0.15, 0.2) is 42.6 Å². The first kappa shape index (κ1) is 15.0. The van der Waals surface area contributed by atoms with E-state index in [1.54, 1.807) is 24.5 Å². The van der Waals surface area contributed by atoms with Gasteiger partial charge in [0.2, 0.25) is 5.91 Å². The van der Waals surface area contributed by atoms with Gasteiger partial charge in [0.15, 0.2) is 0 Å². The van der Waals surface area contributed by atoms with Crippen molar-refractivity contribution in [1.82, 2.24) is 4.57 Å². The molecule has 110 valence electrons.